The van der Waals surface area contributed by atoms with Gasteiger partial charge >= 0.3 is 0 Å². The quantitative estimate of drug-likeness (QED) is 0.522. The van der Waals surface area contributed by atoms with Crippen LogP contribution in [0.4, 0.5) is 5.82 Å². The van der Waals surface area contributed by atoms with Crippen molar-refractivity contribution in [1.29, 1.82) is 0 Å². The first kappa shape index (κ1) is 17.8. The number of piperidine rings is 1. The molecule has 0 amide bonds. The van der Waals surface area contributed by atoms with Crippen LogP contribution in [0.3, 0.4) is 0 Å². The molecule has 3 aromatic heterocycles. The Bertz CT molecular complexity index is 1140. The summed E-state index contributed by atoms with van der Waals surface area (Å²) in [5.41, 5.74) is 3.25. The third-order valence-electron chi connectivity index (χ3n) is 5.66. The van der Waals surface area contributed by atoms with Crippen molar-refractivity contribution in [3.05, 3.63) is 54.2 Å². The lowest BCUT2D eigenvalue weighted by molar-refractivity contribution is 0.394. The first-order chi connectivity index (χ1) is 14.2. The topological polar surface area (TPSA) is 72.9 Å². The summed E-state index contributed by atoms with van der Waals surface area (Å²) in [5, 5.41) is 3.89. The van der Waals surface area contributed by atoms with E-state index in [1.165, 1.54) is 11.3 Å². The summed E-state index contributed by atoms with van der Waals surface area (Å²) < 4.78 is 7.76. The van der Waals surface area contributed by atoms with E-state index in [0.717, 1.165) is 49.2 Å². The van der Waals surface area contributed by atoms with Crippen LogP contribution in [-0.4, -0.2) is 37.8 Å². The highest BCUT2D eigenvalue weighted by Gasteiger charge is 2.25. The standard InChI is InChI=1S/C22H24N6O/c1-3-20-25-18-6-4-5-7-19(18)28(20)17-9-12-27(13-10-17)21-14-16(8-11-23-21)22-24-15(2)26-29-22/h4-8,11,14,17H,3,9-10,12-13H2,1-2H3. The Morgan fingerprint density at radius 2 is 1.93 bits per heavy atom. The number of pyridine rings is 1. The molecule has 4 heterocycles. The van der Waals surface area contributed by atoms with E-state index in [9.17, 15) is 0 Å². The highest BCUT2D eigenvalue weighted by atomic mass is 16.5. The maximum atomic E-state index is 5.31. The number of fused-ring (bicyclic) bond motifs is 1. The molecule has 5 rings (SSSR count). The summed E-state index contributed by atoms with van der Waals surface area (Å²) in [7, 11) is 0. The fourth-order valence-electron chi connectivity index (χ4n) is 4.24. The summed E-state index contributed by atoms with van der Waals surface area (Å²) >= 11 is 0. The van der Waals surface area contributed by atoms with Gasteiger partial charge in [-0.2, -0.15) is 4.98 Å². The van der Waals surface area contributed by atoms with E-state index in [2.05, 4.69) is 55.8 Å². The average molecular weight is 388 g/mol. The second-order valence-electron chi connectivity index (χ2n) is 7.51. The van der Waals surface area contributed by atoms with Gasteiger partial charge in [0.25, 0.3) is 5.89 Å². The van der Waals surface area contributed by atoms with Gasteiger partial charge in [0.1, 0.15) is 11.6 Å². The summed E-state index contributed by atoms with van der Waals surface area (Å²) in [6.07, 6.45) is 4.90. The first-order valence-electron chi connectivity index (χ1n) is 10.2. The number of rotatable bonds is 4. The highest BCUT2D eigenvalue weighted by molar-refractivity contribution is 5.76. The number of para-hydroxylation sites is 2. The number of hydrogen-bond acceptors (Lipinski definition) is 6. The molecule has 1 aromatic carbocycles. The average Bonchev–Trinajstić information content (AvgIpc) is 3.37. The zero-order valence-electron chi connectivity index (χ0n) is 16.7. The van der Waals surface area contributed by atoms with Crippen molar-refractivity contribution < 1.29 is 4.52 Å². The minimum absolute atomic E-state index is 0.468. The lowest BCUT2D eigenvalue weighted by Crippen LogP contribution is -2.35. The van der Waals surface area contributed by atoms with Crippen molar-refractivity contribution in [1.82, 2.24) is 24.7 Å². The van der Waals surface area contributed by atoms with Crippen LogP contribution >= 0.6 is 0 Å². The van der Waals surface area contributed by atoms with Crippen LogP contribution in [0.1, 0.15) is 37.5 Å². The smallest absolute Gasteiger partial charge is 0.258 e. The Labute approximate surface area is 169 Å². The molecule has 0 unspecified atom stereocenters. The predicted molar refractivity (Wildman–Crippen MR) is 112 cm³/mol. The number of benzene rings is 1. The Morgan fingerprint density at radius 3 is 2.69 bits per heavy atom. The first-order valence-corrected chi connectivity index (χ1v) is 10.2. The number of hydrogen-bond donors (Lipinski definition) is 0. The van der Waals surface area contributed by atoms with Crippen LogP contribution < -0.4 is 4.90 Å². The van der Waals surface area contributed by atoms with E-state index in [1.807, 2.05) is 25.3 Å². The molecule has 1 saturated heterocycles. The summed E-state index contributed by atoms with van der Waals surface area (Å²) in [4.78, 5) is 16.1. The van der Waals surface area contributed by atoms with Crippen molar-refractivity contribution in [2.24, 2.45) is 0 Å². The monoisotopic (exact) mass is 388 g/mol. The molecule has 0 saturated carbocycles. The second kappa shape index (κ2) is 7.31. The van der Waals surface area contributed by atoms with Crippen LogP contribution in [0.15, 0.2) is 47.1 Å². The summed E-state index contributed by atoms with van der Waals surface area (Å²) in [5.74, 6) is 3.32. The van der Waals surface area contributed by atoms with Crippen molar-refractivity contribution in [3.63, 3.8) is 0 Å². The zero-order valence-corrected chi connectivity index (χ0v) is 16.7. The minimum Gasteiger partial charge on any atom is -0.356 e. The number of anilines is 1. The molecule has 29 heavy (non-hydrogen) atoms. The van der Waals surface area contributed by atoms with E-state index in [4.69, 9.17) is 9.51 Å². The third kappa shape index (κ3) is 3.26. The number of aryl methyl sites for hydroxylation is 2. The summed E-state index contributed by atoms with van der Waals surface area (Å²) in [6, 6.07) is 12.9. The van der Waals surface area contributed by atoms with Gasteiger partial charge < -0.3 is 14.0 Å². The van der Waals surface area contributed by atoms with Crippen molar-refractivity contribution in [2.45, 2.75) is 39.2 Å². The van der Waals surface area contributed by atoms with Gasteiger partial charge in [-0.25, -0.2) is 9.97 Å². The SMILES string of the molecule is CCc1nc2ccccc2n1C1CCN(c2cc(-c3nc(C)no3)ccn2)CC1. The molecule has 0 atom stereocenters. The van der Waals surface area contributed by atoms with Gasteiger partial charge in [-0.05, 0) is 44.0 Å². The van der Waals surface area contributed by atoms with Crippen LogP contribution in [0, 0.1) is 6.92 Å². The Hall–Kier alpha value is -3.22. The van der Waals surface area contributed by atoms with Gasteiger partial charge in [-0.1, -0.05) is 24.2 Å². The normalized spacial score (nSPS) is 15.3. The van der Waals surface area contributed by atoms with Gasteiger partial charge in [0.05, 0.1) is 11.0 Å². The van der Waals surface area contributed by atoms with Crippen LogP contribution in [0.2, 0.25) is 0 Å². The van der Waals surface area contributed by atoms with Crippen LogP contribution in [0.5, 0.6) is 0 Å². The molecule has 4 aromatic rings. The van der Waals surface area contributed by atoms with Gasteiger partial charge in [0.2, 0.25) is 0 Å². The number of aromatic nitrogens is 5. The molecule has 0 spiro atoms. The van der Waals surface area contributed by atoms with E-state index in [0.29, 0.717) is 17.8 Å². The van der Waals surface area contributed by atoms with Crippen LogP contribution in [-0.2, 0) is 6.42 Å². The van der Waals surface area contributed by atoms with E-state index >= 15 is 0 Å². The van der Waals surface area contributed by atoms with Crippen molar-refractivity contribution in [3.8, 4) is 11.5 Å². The van der Waals surface area contributed by atoms with Crippen molar-refractivity contribution in [2.75, 3.05) is 18.0 Å². The Kier molecular flexibility index (Phi) is 4.50. The molecule has 1 aliphatic rings. The van der Waals surface area contributed by atoms with Crippen molar-refractivity contribution >= 4 is 16.9 Å². The molecule has 7 nitrogen and oxygen atoms in total. The van der Waals surface area contributed by atoms with Gasteiger partial charge in [-0.3, -0.25) is 0 Å². The number of imidazole rings is 1. The maximum Gasteiger partial charge on any atom is 0.258 e. The second-order valence-corrected chi connectivity index (χ2v) is 7.51. The Morgan fingerprint density at radius 1 is 1.10 bits per heavy atom. The molecule has 7 heteroatoms. The molecule has 148 valence electrons. The maximum absolute atomic E-state index is 5.31. The van der Waals surface area contributed by atoms with Gasteiger partial charge in [0.15, 0.2) is 5.82 Å². The van der Waals surface area contributed by atoms with E-state index in [1.54, 1.807) is 0 Å². The molecule has 0 radical (unpaired) electrons. The summed E-state index contributed by atoms with van der Waals surface area (Å²) in [6.45, 7) is 5.92. The lowest BCUT2D eigenvalue weighted by atomic mass is 10.0. The van der Waals surface area contributed by atoms with E-state index in [-0.39, 0.29) is 0 Å². The fraction of sp³-hybridized carbons (Fsp3) is 0.364. The Balaban J connectivity index is 1.36. The zero-order chi connectivity index (χ0) is 19.8. The van der Waals surface area contributed by atoms with Crippen LogP contribution in [0.25, 0.3) is 22.5 Å². The minimum atomic E-state index is 0.468. The lowest BCUT2D eigenvalue weighted by Gasteiger charge is -2.34. The molecule has 0 aliphatic carbocycles. The largest absolute Gasteiger partial charge is 0.356 e. The molecule has 0 N–H and O–H groups in total. The van der Waals surface area contributed by atoms with Gasteiger partial charge in [0, 0.05) is 37.3 Å². The third-order valence-corrected chi connectivity index (χ3v) is 5.66. The molecular formula is C22H24N6O. The molecule has 1 fully saturated rings. The fourth-order valence-corrected chi connectivity index (χ4v) is 4.24. The molecule has 0 bridgehead atoms. The van der Waals surface area contributed by atoms with Gasteiger partial charge in [-0.15, -0.1) is 0 Å². The highest BCUT2D eigenvalue weighted by Crippen LogP contribution is 2.31. The molecule has 1 aliphatic heterocycles. The number of nitrogens with zero attached hydrogens (tertiary/aromatic N) is 6. The van der Waals surface area contributed by atoms with E-state index < -0.39 is 0 Å². The predicted octanol–water partition coefficient (Wildman–Crippen LogP) is 4.19. The molecular weight excluding hydrogens is 364 g/mol.